The highest BCUT2D eigenvalue weighted by Gasteiger charge is 2.22. The van der Waals surface area contributed by atoms with E-state index in [-0.39, 0.29) is 30.0 Å². The fourth-order valence-corrected chi connectivity index (χ4v) is 6.91. The van der Waals surface area contributed by atoms with E-state index in [0.717, 1.165) is 39.8 Å². The van der Waals surface area contributed by atoms with Crippen molar-refractivity contribution in [3.8, 4) is 39.4 Å². The van der Waals surface area contributed by atoms with Crippen LogP contribution in [0.4, 0.5) is 0 Å². The quantitative estimate of drug-likeness (QED) is 0.157. The van der Waals surface area contributed by atoms with E-state index in [0.29, 0.717) is 52.3 Å². The lowest BCUT2D eigenvalue weighted by molar-refractivity contribution is -0.125. The van der Waals surface area contributed by atoms with Gasteiger partial charge in [0.15, 0.2) is 0 Å². The molecule has 13 heteroatoms. The molecule has 1 aliphatic rings. The number of carbonyl (C=O) groups excluding carboxylic acids is 2. The van der Waals surface area contributed by atoms with Gasteiger partial charge in [0, 0.05) is 79.4 Å². The van der Waals surface area contributed by atoms with Gasteiger partial charge in [-0.2, -0.15) is 0 Å². The van der Waals surface area contributed by atoms with Crippen molar-refractivity contribution in [2.24, 2.45) is 0 Å². The first-order chi connectivity index (χ1) is 24.6. The lowest BCUT2D eigenvalue weighted by Gasteiger charge is -2.22. The molecule has 1 saturated heterocycles. The van der Waals surface area contributed by atoms with Crippen LogP contribution in [0.5, 0.6) is 5.88 Å². The number of amides is 2. The van der Waals surface area contributed by atoms with Gasteiger partial charge in [-0.25, -0.2) is 9.97 Å². The first kappa shape index (κ1) is 36.0. The lowest BCUT2D eigenvalue weighted by Crippen LogP contribution is -2.42. The number of ether oxygens (including phenoxy) is 1. The Morgan fingerprint density at radius 3 is 2.43 bits per heavy atom. The third-order valence-electron chi connectivity index (χ3n) is 9.29. The van der Waals surface area contributed by atoms with Gasteiger partial charge in [0.1, 0.15) is 5.65 Å². The predicted octanol–water partition coefficient (Wildman–Crippen LogP) is 5.34. The molecule has 264 valence electrons. The fraction of sp³-hybridized carbons (Fsp3) is 0.289. The highest BCUT2D eigenvalue weighted by atomic mass is 35.5. The van der Waals surface area contributed by atoms with Gasteiger partial charge in [-0.05, 0) is 44.2 Å². The summed E-state index contributed by atoms with van der Waals surface area (Å²) in [5, 5.41) is 9.97. The molecule has 3 aromatic heterocycles. The van der Waals surface area contributed by atoms with E-state index in [9.17, 15) is 14.4 Å². The van der Waals surface area contributed by atoms with Gasteiger partial charge < -0.3 is 20.7 Å². The standard InChI is InChI=1S/C38H39Cl2N7O4/c1-22(36(49)41-2)46(3)21-25-19-43-32-17-23(15-16-47(32)38(25)50)27-7-5-8-28(34(27)39)29-9-6-10-30(35(29)40)31-13-11-24(37(45-31)51-4)18-42-20-26-12-14-33(48)44-26/h5-11,13,15-17,19,22,26,42H,12,14,18,20-21H2,1-4H3,(H,41,49)(H,44,48). The molecule has 5 aromatic rings. The van der Waals surface area contributed by atoms with Crippen LogP contribution in [-0.2, 0) is 22.7 Å². The van der Waals surface area contributed by atoms with E-state index < -0.39 is 6.04 Å². The van der Waals surface area contributed by atoms with Gasteiger partial charge in [-0.3, -0.25) is 23.7 Å². The van der Waals surface area contributed by atoms with Crippen molar-refractivity contribution in [2.45, 2.75) is 44.9 Å². The van der Waals surface area contributed by atoms with Crippen LogP contribution in [0.3, 0.4) is 0 Å². The maximum Gasteiger partial charge on any atom is 0.262 e. The Hall–Kier alpha value is -4.81. The Labute approximate surface area is 306 Å². The average Bonchev–Trinajstić information content (AvgIpc) is 3.56. The van der Waals surface area contributed by atoms with Crippen LogP contribution in [0, 0.1) is 0 Å². The van der Waals surface area contributed by atoms with Crippen LogP contribution >= 0.6 is 23.2 Å². The van der Waals surface area contributed by atoms with Crippen LogP contribution in [0.25, 0.3) is 39.2 Å². The van der Waals surface area contributed by atoms with Crippen molar-refractivity contribution >= 4 is 40.7 Å². The largest absolute Gasteiger partial charge is 0.481 e. The second-order valence-electron chi connectivity index (χ2n) is 12.6. The molecule has 2 aromatic carbocycles. The number of fused-ring (bicyclic) bond motifs is 1. The summed E-state index contributed by atoms with van der Waals surface area (Å²) in [5.74, 6) is 0.442. The molecule has 0 saturated carbocycles. The summed E-state index contributed by atoms with van der Waals surface area (Å²) in [4.78, 5) is 48.1. The highest BCUT2D eigenvalue weighted by Crippen LogP contribution is 2.42. The number of pyridine rings is 2. The van der Waals surface area contributed by atoms with E-state index >= 15 is 0 Å². The Morgan fingerprint density at radius 2 is 1.75 bits per heavy atom. The maximum atomic E-state index is 13.4. The summed E-state index contributed by atoms with van der Waals surface area (Å²) in [7, 11) is 4.96. The Balaban J connectivity index is 1.25. The number of hydrogen-bond donors (Lipinski definition) is 3. The molecule has 0 aliphatic carbocycles. The van der Waals surface area contributed by atoms with Crippen LogP contribution in [0.2, 0.25) is 10.0 Å². The number of halogens is 2. The van der Waals surface area contributed by atoms with Crippen molar-refractivity contribution in [1.82, 2.24) is 35.2 Å². The molecule has 0 radical (unpaired) electrons. The zero-order chi connectivity index (χ0) is 36.2. The van der Waals surface area contributed by atoms with Crippen LogP contribution < -0.4 is 26.2 Å². The van der Waals surface area contributed by atoms with Crippen molar-refractivity contribution in [3.63, 3.8) is 0 Å². The van der Waals surface area contributed by atoms with E-state index in [1.54, 1.807) is 45.4 Å². The fourth-order valence-electron chi connectivity index (χ4n) is 6.25. The molecule has 0 spiro atoms. The molecular formula is C38H39Cl2N7O4. The zero-order valence-electron chi connectivity index (χ0n) is 28.8. The monoisotopic (exact) mass is 727 g/mol. The highest BCUT2D eigenvalue weighted by molar-refractivity contribution is 6.39. The smallest absolute Gasteiger partial charge is 0.262 e. The number of aromatic nitrogens is 3. The molecule has 3 N–H and O–H groups in total. The van der Waals surface area contributed by atoms with Gasteiger partial charge in [0.25, 0.3) is 5.56 Å². The number of nitrogens with one attached hydrogen (secondary N) is 3. The number of likely N-dealkylation sites (N-methyl/N-ethyl adjacent to an activating group) is 2. The van der Waals surface area contributed by atoms with Gasteiger partial charge in [0.05, 0.1) is 34.5 Å². The van der Waals surface area contributed by atoms with Gasteiger partial charge >= 0.3 is 0 Å². The first-order valence-corrected chi connectivity index (χ1v) is 17.4. The summed E-state index contributed by atoms with van der Waals surface area (Å²) < 4.78 is 7.13. The van der Waals surface area contributed by atoms with Gasteiger partial charge in [-0.1, -0.05) is 65.7 Å². The molecule has 2 unspecified atom stereocenters. The number of carbonyl (C=O) groups is 2. The Morgan fingerprint density at radius 1 is 1.04 bits per heavy atom. The summed E-state index contributed by atoms with van der Waals surface area (Å²) in [6, 6.07) is 18.7. The Kier molecular flexibility index (Phi) is 11.0. The van der Waals surface area contributed by atoms with E-state index in [4.69, 9.17) is 32.9 Å². The van der Waals surface area contributed by atoms with Gasteiger partial charge in [-0.15, -0.1) is 0 Å². The summed E-state index contributed by atoms with van der Waals surface area (Å²) in [6.07, 6.45) is 4.63. The van der Waals surface area contributed by atoms with Crippen molar-refractivity contribution in [1.29, 1.82) is 0 Å². The second-order valence-corrected chi connectivity index (χ2v) is 13.3. The molecule has 2 amide bonds. The molecule has 1 fully saturated rings. The maximum absolute atomic E-state index is 13.4. The molecule has 4 heterocycles. The summed E-state index contributed by atoms with van der Waals surface area (Å²) >= 11 is 14.2. The average molecular weight is 729 g/mol. The molecule has 11 nitrogen and oxygen atoms in total. The van der Waals surface area contributed by atoms with Gasteiger partial charge in [0.2, 0.25) is 17.7 Å². The minimum Gasteiger partial charge on any atom is -0.481 e. The van der Waals surface area contributed by atoms with E-state index in [1.165, 1.54) is 4.40 Å². The SMILES string of the molecule is CNC(=O)C(C)N(C)Cc1cnc2cc(-c3cccc(-c4cccc(-c5ccc(CNCC6CCC(=O)N6)c(OC)n5)c4Cl)c3Cl)ccn2c1=O. The number of nitrogens with zero attached hydrogens (tertiary/aromatic N) is 4. The van der Waals surface area contributed by atoms with Crippen LogP contribution in [-0.4, -0.2) is 70.9 Å². The molecule has 6 rings (SSSR count). The molecule has 51 heavy (non-hydrogen) atoms. The lowest BCUT2D eigenvalue weighted by atomic mass is 9.97. The topological polar surface area (TPSA) is 130 Å². The number of methoxy groups -OCH3 is 1. The normalized spacial score (nSPS) is 14.9. The molecular weight excluding hydrogens is 689 g/mol. The van der Waals surface area contributed by atoms with E-state index in [2.05, 4.69) is 20.9 Å². The number of hydrogen-bond acceptors (Lipinski definition) is 8. The van der Waals surface area contributed by atoms with Crippen LogP contribution in [0.15, 0.2) is 77.9 Å². The molecule has 1 aliphatic heterocycles. The molecule has 0 bridgehead atoms. The van der Waals surface area contributed by atoms with E-state index in [1.807, 2.05) is 60.7 Å². The number of rotatable bonds is 12. The second kappa shape index (κ2) is 15.6. The molecule has 2 atom stereocenters. The summed E-state index contributed by atoms with van der Waals surface area (Å²) in [5.41, 5.74) is 6.01. The first-order valence-electron chi connectivity index (χ1n) is 16.6. The third-order valence-corrected chi connectivity index (χ3v) is 10.1. The minimum absolute atomic E-state index is 0.0897. The minimum atomic E-state index is -0.409. The van der Waals surface area contributed by atoms with Crippen molar-refractivity contribution in [3.05, 3.63) is 105 Å². The Bertz CT molecular complexity index is 2170. The predicted molar refractivity (Wildman–Crippen MR) is 200 cm³/mol. The third kappa shape index (κ3) is 7.62. The number of benzene rings is 2. The van der Waals surface area contributed by atoms with Crippen LogP contribution in [0.1, 0.15) is 30.9 Å². The van der Waals surface area contributed by atoms with Crippen molar-refractivity contribution in [2.75, 3.05) is 27.7 Å². The van der Waals surface area contributed by atoms with Crippen molar-refractivity contribution < 1.29 is 14.3 Å². The summed E-state index contributed by atoms with van der Waals surface area (Å²) in [6.45, 7) is 3.25. The zero-order valence-corrected chi connectivity index (χ0v) is 30.3.